The van der Waals surface area contributed by atoms with Crippen molar-refractivity contribution >= 4 is 10.0 Å². The second kappa shape index (κ2) is 7.89. The fraction of sp³-hybridized carbons (Fsp3) is 0.600. The number of methoxy groups -OCH3 is 1. The molecule has 118 valence electrons. The van der Waals surface area contributed by atoms with Crippen molar-refractivity contribution in [3.05, 3.63) is 30.3 Å². The zero-order chi connectivity index (χ0) is 15.1. The quantitative estimate of drug-likeness (QED) is 0.720. The fourth-order valence-corrected chi connectivity index (χ4v) is 3.94. The average Bonchev–Trinajstić information content (AvgIpc) is 2.53. The van der Waals surface area contributed by atoms with E-state index in [1.807, 2.05) is 6.07 Å². The molecule has 6 heteroatoms. The first kappa shape index (κ1) is 16.4. The Kier molecular flexibility index (Phi) is 6.17. The van der Waals surface area contributed by atoms with E-state index in [4.69, 9.17) is 9.47 Å². The minimum absolute atomic E-state index is 0.375. The number of rotatable bonds is 7. The molecule has 0 radical (unpaired) electrons. The summed E-state index contributed by atoms with van der Waals surface area (Å²) in [6, 6.07) is 8.62. The summed E-state index contributed by atoms with van der Waals surface area (Å²) >= 11 is 0. The highest BCUT2D eigenvalue weighted by atomic mass is 32.2. The van der Waals surface area contributed by atoms with Crippen LogP contribution in [0.3, 0.4) is 0 Å². The summed E-state index contributed by atoms with van der Waals surface area (Å²) in [5, 5.41) is 0. The zero-order valence-electron chi connectivity index (χ0n) is 12.4. The van der Waals surface area contributed by atoms with Gasteiger partial charge in [0.1, 0.15) is 0 Å². The lowest BCUT2D eigenvalue weighted by Crippen LogP contribution is -2.39. The summed E-state index contributed by atoms with van der Waals surface area (Å²) < 4.78 is 37.0. The molecule has 0 N–H and O–H groups in total. The van der Waals surface area contributed by atoms with Gasteiger partial charge in [-0.25, -0.2) is 8.42 Å². The van der Waals surface area contributed by atoms with E-state index in [1.165, 1.54) is 0 Å². The fourth-order valence-electron chi connectivity index (χ4n) is 2.45. The van der Waals surface area contributed by atoms with Crippen LogP contribution in [0.5, 0.6) is 0 Å². The largest absolute Gasteiger partial charge is 0.382 e. The average molecular weight is 313 g/mol. The van der Waals surface area contributed by atoms with Crippen LogP contribution in [-0.4, -0.2) is 52.7 Å². The SMILES string of the molecule is COCCOCC1CCN(S(=O)(=O)c2ccccc2)CC1. The van der Waals surface area contributed by atoms with Gasteiger partial charge in [0.15, 0.2) is 0 Å². The van der Waals surface area contributed by atoms with Crippen LogP contribution in [-0.2, 0) is 19.5 Å². The van der Waals surface area contributed by atoms with Crippen LogP contribution >= 0.6 is 0 Å². The monoisotopic (exact) mass is 313 g/mol. The third-order valence-electron chi connectivity index (χ3n) is 3.74. The molecule has 0 spiro atoms. The molecular formula is C15H23NO4S. The second-order valence-corrected chi connectivity index (χ2v) is 7.17. The first-order valence-electron chi connectivity index (χ1n) is 7.26. The molecule has 1 aliphatic heterocycles. The number of nitrogens with zero attached hydrogens (tertiary/aromatic N) is 1. The number of piperidine rings is 1. The van der Waals surface area contributed by atoms with Gasteiger partial charge in [0.2, 0.25) is 10.0 Å². The first-order valence-corrected chi connectivity index (χ1v) is 8.70. The predicted octanol–water partition coefficient (Wildman–Crippen LogP) is 1.75. The molecule has 1 aromatic carbocycles. The van der Waals surface area contributed by atoms with Crippen molar-refractivity contribution in [1.29, 1.82) is 0 Å². The molecule has 1 heterocycles. The maximum atomic E-state index is 12.5. The van der Waals surface area contributed by atoms with E-state index in [-0.39, 0.29) is 0 Å². The molecule has 0 atom stereocenters. The van der Waals surface area contributed by atoms with Gasteiger partial charge in [0.05, 0.1) is 18.1 Å². The van der Waals surface area contributed by atoms with Gasteiger partial charge < -0.3 is 9.47 Å². The van der Waals surface area contributed by atoms with Gasteiger partial charge in [-0.15, -0.1) is 0 Å². The van der Waals surface area contributed by atoms with Crippen molar-refractivity contribution in [1.82, 2.24) is 4.31 Å². The normalized spacial score (nSPS) is 18.0. The van der Waals surface area contributed by atoms with E-state index in [1.54, 1.807) is 35.7 Å². The van der Waals surface area contributed by atoms with Gasteiger partial charge in [-0.05, 0) is 30.9 Å². The van der Waals surface area contributed by atoms with Gasteiger partial charge in [-0.2, -0.15) is 4.31 Å². The molecule has 0 aromatic heterocycles. The topological polar surface area (TPSA) is 55.8 Å². The molecular weight excluding hydrogens is 290 g/mol. The molecule has 0 amide bonds. The lowest BCUT2D eigenvalue weighted by molar-refractivity contribution is 0.0410. The molecule has 2 rings (SSSR count). The third kappa shape index (κ3) is 4.51. The summed E-state index contributed by atoms with van der Waals surface area (Å²) in [6.45, 7) is 3.01. The maximum Gasteiger partial charge on any atom is 0.243 e. The van der Waals surface area contributed by atoms with Crippen LogP contribution in [0.2, 0.25) is 0 Å². The van der Waals surface area contributed by atoms with Crippen molar-refractivity contribution in [3.63, 3.8) is 0 Å². The van der Waals surface area contributed by atoms with Crippen LogP contribution in [0.25, 0.3) is 0 Å². The van der Waals surface area contributed by atoms with E-state index >= 15 is 0 Å². The lowest BCUT2D eigenvalue weighted by atomic mass is 9.99. The van der Waals surface area contributed by atoms with Crippen LogP contribution in [0.4, 0.5) is 0 Å². The summed E-state index contributed by atoms with van der Waals surface area (Å²) in [6.07, 6.45) is 1.69. The van der Waals surface area contributed by atoms with Crippen molar-refractivity contribution in [3.8, 4) is 0 Å². The van der Waals surface area contributed by atoms with Crippen LogP contribution in [0.15, 0.2) is 35.2 Å². The standard InChI is InChI=1S/C15H23NO4S/c1-19-11-12-20-13-14-7-9-16(10-8-14)21(17,18)15-5-3-2-4-6-15/h2-6,14H,7-13H2,1H3. The minimum atomic E-state index is -3.34. The summed E-state index contributed by atoms with van der Waals surface area (Å²) in [7, 11) is -1.69. The number of benzene rings is 1. The second-order valence-electron chi connectivity index (χ2n) is 5.23. The van der Waals surface area contributed by atoms with Crippen molar-refractivity contribution < 1.29 is 17.9 Å². The van der Waals surface area contributed by atoms with E-state index in [0.29, 0.717) is 43.7 Å². The Morgan fingerprint density at radius 2 is 1.81 bits per heavy atom. The summed E-state index contributed by atoms with van der Waals surface area (Å²) in [4.78, 5) is 0.375. The van der Waals surface area contributed by atoms with Gasteiger partial charge in [0.25, 0.3) is 0 Å². The molecule has 5 nitrogen and oxygen atoms in total. The van der Waals surface area contributed by atoms with E-state index in [9.17, 15) is 8.42 Å². The molecule has 0 bridgehead atoms. The molecule has 21 heavy (non-hydrogen) atoms. The lowest BCUT2D eigenvalue weighted by Gasteiger charge is -2.31. The van der Waals surface area contributed by atoms with Crippen LogP contribution in [0.1, 0.15) is 12.8 Å². The van der Waals surface area contributed by atoms with Gasteiger partial charge in [-0.3, -0.25) is 0 Å². The van der Waals surface area contributed by atoms with E-state index < -0.39 is 10.0 Å². The number of hydrogen-bond donors (Lipinski definition) is 0. The Morgan fingerprint density at radius 1 is 1.14 bits per heavy atom. The Morgan fingerprint density at radius 3 is 2.43 bits per heavy atom. The van der Waals surface area contributed by atoms with Crippen molar-refractivity contribution in [2.45, 2.75) is 17.7 Å². The third-order valence-corrected chi connectivity index (χ3v) is 5.65. The predicted molar refractivity (Wildman–Crippen MR) is 80.6 cm³/mol. The Labute approximate surface area is 126 Å². The minimum Gasteiger partial charge on any atom is -0.382 e. The van der Waals surface area contributed by atoms with Gasteiger partial charge in [0, 0.05) is 26.8 Å². The molecule has 0 saturated carbocycles. The highest BCUT2D eigenvalue weighted by molar-refractivity contribution is 7.89. The Balaban J connectivity index is 1.83. The van der Waals surface area contributed by atoms with Crippen LogP contribution in [0, 0.1) is 5.92 Å². The van der Waals surface area contributed by atoms with Crippen molar-refractivity contribution in [2.24, 2.45) is 5.92 Å². The molecule has 1 fully saturated rings. The van der Waals surface area contributed by atoms with E-state index in [0.717, 1.165) is 12.8 Å². The van der Waals surface area contributed by atoms with Crippen molar-refractivity contribution in [2.75, 3.05) is 40.0 Å². The smallest absolute Gasteiger partial charge is 0.243 e. The molecule has 1 aromatic rings. The van der Waals surface area contributed by atoms with Crippen LogP contribution < -0.4 is 0 Å². The first-order chi connectivity index (χ1) is 10.1. The Bertz CT molecular complexity index is 510. The van der Waals surface area contributed by atoms with Gasteiger partial charge in [-0.1, -0.05) is 18.2 Å². The summed E-state index contributed by atoms with van der Waals surface area (Å²) in [5.74, 6) is 0.434. The number of ether oxygens (including phenoxy) is 2. The number of hydrogen-bond acceptors (Lipinski definition) is 4. The molecule has 0 aliphatic carbocycles. The zero-order valence-corrected chi connectivity index (χ0v) is 13.2. The Hall–Kier alpha value is -0.950. The number of sulfonamides is 1. The molecule has 0 unspecified atom stereocenters. The van der Waals surface area contributed by atoms with E-state index in [2.05, 4.69) is 0 Å². The van der Waals surface area contributed by atoms with Gasteiger partial charge >= 0.3 is 0 Å². The maximum absolute atomic E-state index is 12.5. The molecule has 1 aliphatic rings. The molecule has 1 saturated heterocycles. The summed E-state index contributed by atoms with van der Waals surface area (Å²) in [5.41, 5.74) is 0. The highest BCUT2D eigenvalue weighted by Crippen LogP contribution is 2.23. The highest BCUT2D eigenvalue weighted by Gasteiger charge is 2.29.